The van der Waals surface area contributed by atoms with Crippen molar-refractivity contribution in [3.63, 3.8) is 0 Å². The van der Waals surface area contributed by atoms with E-state index < -0.39 is 35.1 Å². The fourth-order valence-electron chi connectivity index (χ4n) is 3.48. The van der Waals surface area contributed by atoms with Crippen molar-refractivity contribution in [2.24, 2.45) is 5.92 Å². The molecule has 4 N–H and O–H groups in total. The number of carbonyl (C=O) groups is 2. The second-order valence-corrected chi connectivity index (χ2v) is 7.16. The van der Waals surface area contributed by atoms with Crippen LogP contribution in [0.5, 0.6) is 11.5 Å². The number of esters is 1. The number of phenols is 2. The van der Waals surface area contributed by atoms with Crippen LogP contribution in [0.15, 0.2) is 47.8 Å². The summed E-state index contributed by atoms with van der Waals surface area (Å²) >= 11 is 0. The largest absolute Gasteiger partial charge is 0.508 e. The van der Waals surface area contributed by atoms with Crippen LogP contribution in [0.2, 0.25) is 0 Å². The Morgan fingerprint density at radius 3 is 2.72 bits per heavy atom. The van der Waals surface area contributed by atoms with Crippen LogP contribution in [0.1, 0.15) is 22.8 Å². The van der Waals surface area contributed by atoms with Crippen LogP contribution < -0.4 is 0 Å². The van der Waals surface area contributed by atoms with E-state index in [2.05, 4.69) is 0 Å². The first-order valence-corrected chi connectivity index (χ1v) is 8.99. The van der Waals surface area contributed by atoms with Crippen molar-refractivity contribution >= 4 is 11.8 Å². The van der Waals surface area contributed by atoms with Gasteiger partial charge in [-0.05, 0) is 49.3 Å². The van der Waals surface area contributed by atoms with Crippen LogP contribution in [0.4, 0.5) is 0 Å². The van der Waals surface area contributed by atoms with Gasteiger partial charge in [-0.15, -0.1) is 0 Å². The van der Waals surface area contributed by atoms with Gasteiger partial charge < -0.3 is 29.9 Å². The number of ketones is 1. The van der Waals surface area contributed by atoms with Crippen molar-refractivity contribution in [1.29, 1.82) is 0 Å². The fourth-order valence-corrected chi connectivity index (χ4v) is 3.48. The molecule has 0 fully saturated rings. The van der Waals surface area contributed by atoms with E-state index in [9.17, 15) is 24.9 Å². The summed E-state index contributed by atoms with van der Waals surface area (Å²) in [4.78, 5) is 25.4. The Kier molecular flexibility index (Phi) is 5.50. The number of carbonyl (C=O) groups excluding carboxylic acids is 2. The lowest BCUT2D eigenvalue weighted by molar-refractivity contribution is -0.152. The summed E-state index contributed by atoms with van der Waals surface area (Å²) in [7, 11) is 0. The van der Waals surface area contributed by atoms with E-state index in [1.54, 1.807) is 12.2 Å². The van der Waals surface area contributed by atoms with Gasteiger partial charge in [-0.1, -0.05) is 6.08 Å². The standard InChI is InChI=1S/C21H22O8/c1-11-6-13(23)9-16(24)18(11)20(27)29-21(2)17(25)8-12-7-14(4-3-5-22)28-10-15(12)19(21)26/h3-4,6-9,15,19,22-24,26H,5,10H2,1-2H3/t15-,19+,21-/m1/s1. The van der Waals surface area contributed by atoms with E-state index in [4.69, 9.17) is 14.6 Å². The second-order valence-electron chi connectivity index (χ2n) is 7.16. The predicted molar refractivity (Wildman–Crippen MR) is 101 cm³/mol. The summed E-state index contributed by atoms with van der Waals surface area (Å²) in [5, 5.41) is 39.2. The zero-order valence-electron chi connectivity index (χ0n) is 16.0. The topological polar surface area (TPSA) is 134 Å². The van der Waals surface area contributed by atoms with Gasteiger partial charge in [-0.2, -0.15) is 0 Å². The first-order chi connectivity index (χ1) is 13.7. The minimum atomic E-state index is -1.88. The van der Waals surface area contributed by atoms with Crippen LogP contribution in [-0.2, 0) is 14.3 Å². The Balaban J connectivity index is 1.91. The molecule has 1 heterocycles. The highest BCUT2D eigenvalue weighted by Gasteiger charge is 2.52. The zero-order valence-corrected chi connectivity index (χ0v) is 16.0. The van der Waals surface area contributed by atoms with Gasteiger partial charge in [0.1, 0.15) is 28.9 Å². The van der Waals surface area contributed by atoms with Crippen LogP contribution in [0.3, 0.4) is 0 Å². The number of hydrogen-bond donors (Lipinski definition) is 4. The summed E-state index contributed by atoms with van der Waals surface area (Å²) in [6.07, 6.45) is 4.53. The maximum absolute atomic E-state index is 12.7. The van der Waals surface area contributed by atoms with Gasteiger partial charge in [0.2, 0.25) is 5.78 Å². The number of aliphatic hydroxyl groups is 2. The molecule has 1 aliphatic heterocycles. The fraction of sp³-hybridized carbons (Fsp3) is 0.333. The smallest absolute Gasteiger partial charge is 0.343 e. The van der Waals surface area contributed by atoms with Crippen molar-refractivity contribution in [2.75, 3.05) is 13.2 Å². The molecule has 0 bridgehead atoms. The third kappa shape index (κ3) is 3.76. The summed E-state index contributed by atoms with van der Waals surface area (Å²) in [6.45, 7) is 2.69. The predicted octanol–water partition coefficient (Wildman–Crippen LogP) is 1.27. The lowest BCUT2D eigenvalue weighted by Crippen LogP contribution is -2.57. The second kappa shape index (κ2) is 7.73. The monoisotopic (exact) mass is 402 g/mol. The molecular weight excluding hydrogens is 380 g/mol. The average molecular weight is 402 g/mol. The number of benzene rings is 1. The third-order valence-electron chi connectivity index (χ3n) is 5.10. The number of phenolic OH excluding ortho intramolecular Hbond substituents is 2. The van der Waals surface area contributed by atoms with Gasteiger partial charge in [0.15, 0.2) is 5.60 Å². The molecule has 154 valence electrons. The molecule has 8 heteroatoms. The minimum Gasteiger partial charge on any atom is -0.508 e. The van der Waals surface area contributed by atoms with Crippen molar-refractivity contribution < 1.29 is 39.5 Å². The number of aliphatic hydroxyl groups excluding tert-OH is 2. The molecule has 0 spiro atoms. The van der Waals surface area contributed by atoms with E-state index in [-0.39, 0.29) is 30.1 Å². The molecule has 0 unspecified atom stereocenters. The maximum Gasteiger partial charge on any atom is 0.343 e. The van der Waals surface area contributed by atoms with Crippen molar-refractivity contribution in [3.8, 4) is 11.5 Å². The molecule has 1 aromatic rings. The van der Waals surface area contributed by atoms with E-state index in [1.807, 2.05) is 0 Å². The molecule has 3 atom stereocenters. The lowest BCUT2D eigenvalue weighted by Gasteiger charge is -2.41. The summed E-state index contributed by atoms with van der Waals surface area (Å²) < 4.78 is 10.9. The van der Waals surface area contributed by atoms with Crippen molar-refractivity contribution in [3.05, 3.63) is 58.9 Å². The van der Waals surface area contributed by atoms with Gasteiger partial charge in [-0.3, -0.25) is 4.79 Å². The number of rotatable bonds is 4. The number of allylic oxidation sites excluding steroid dienone is 2. The molecule has 0 saturated carbocycles. The first kappa shape index (κ1) is 20.6. The number of hydrogen-bond acceptors (Lipinski definition) is 8. The number of fused-ring (bicyclic) bond motifs is 1. The SMILES string of the molecule is Cc1cc(O)cc(O)c1C(=O)O[C@]1(C)C(=O)C=C2C=C(C=CCO)OC[C@H]2[C@@H]1O. The van der Waals surface area contributed by atoms with Crippen LogP contribution in [0.25, 0.3) is 0 Å². The normalized spacial score (nSPS) is 26.4. The van der Waals surface area contributed by atoms with Crippen molar-refractivity contribution in [1.82, 2.24) is 0 Å². The molecule has 8 nitrogen and oxygen atoms in total. The van der Waals surface area contributed by atoms with E-state index in [0.29, 0.717) is 11.3 Å². The summed E-state index contributed by atoms with van der Waals surface area (Å²) in [6, 6.07) is 2.27. The molecule has 0 amide bonds. The van der Waals surface area contributed by atoms with Crippen LogP contribution in [0, 0.1) is 12.8 Å². The Bertz CT molecular complexity index is 919. The molecule has 1 aromatic carbocycles. The Labute approximate surface area is 167 Å². The third-order valence-corrected chi connectivity index (χ3v) is 5.10. The molecule has 0 radical (unpaired) electrons. The van der Waals surface area contributed by atoms with Gasteiger partial charge in [0.05, 0.1) is 13.2 Å². The summed E-state index contributed by atoms with van der Waals surface area (Å²) in [5.41, 5.74) is -1.29. The van der Waals surface area contributed by atoms with Gasteiger partial charge in [-0.25, -0.2) is 4.79 Å². The Hall–Kier alpha value is -3.10. The van der Waals surface area contributed by atoms with E-state index in [1.165, 1.54) is 32.1 Å². The highest BCUT2D eigenvalue weighted by atomic mass is 16.6. The molecule has 29 heavy (non-hydrogen) atoms. The molecule has 3 rings (SSSR count). The maximum atomic E-state index is 12.7. The Morgan fingerprint density at radius 1 is 1.34 bits per heavy atom. The highest BCUT2D eigenvalue weighted by Crippen LogP contribution is 2.38. The van der Waals surface area contributed by atoms with Crippen LogP contribution >= 0.6 is 0 Å². The zero-order chi connectivity index (χ0) is 21.3. The van der Waals surface area contributed by atoms with E-state index in [0.717, 1.165) is 6.07 Å². The van der Waals surface area contributed by atoms with E-state index >= 15 is 0 Å². The number of aryl methyl sites for hydroxylation is 1. The highest BCUT2D eigenvalue weighted by molar-refractivity contribution is 6.03. The first-order valence-electron chi connectivity index (χ1n) is 8.99. The minimum absolute atomic E-state index is 0.0541. The molecule has 0 aromatic heterocycles. The molecule has 0 saturated heterocycles. The Morgan fingerprint density at radius 2 is 2.07 bits per heavy atom. The van der Waals surface area contributed by atoms with Gasteiger partial charge in [0, 0.05) is 12.0 Å². The summed E-state index contributed by atoms with van der Waals surface area (Å²) in [5.74, 6) is -2.48. The molecule has 1 aliphatic carbocycles. The molecular formula is C21H22O8. The van der Waals surface area contributed by atoms with Crippen molar-refractivity contribution in [2.45, 2.75) is 25.6 Å². The molecule has 2 aliphatic rings. The quantitative estimate of drug-likeness (QED) is 0.554. The average Bonchev–Trinajstić information content (AvgIpc) is 2.64. The number of ether oxygens (including phenoxy) is 2. The van der Waals surface area contributed by atoms with Gasteiger partial charge >= 0.3 is 5.97 Å². The van der Waals surface area contributed by atoms with Gasteiger partial charge in [0.25, 0.3) is 0 Å². The number of aromatic hydroxyl groups is 2. The van der Waals surface area contributed by atoms with Crippen LogP contribution in [-0.4, -0.2) is 57.1 Å². The lowest BCUT2D eigenvalue weighted by atomic mass is 9.74.